The van der Waals surface area contributed by atoms with Crippen molar-refractivity contribution in [1.29, 1.82) is 0 Å². The predicted molar refractivity (Wildman–Crippen MR) is 75.1 cm³/mol. The molecule has 1 atom stereocenters. The average Bonchev–Trinajstić information content (AvgIpc) is 2.36. The maximum Gasteiger partial charge on any atom is 0.203 e. The first-order chi connectivity index (χ1) is 8.19. The number of halogens is 1. The third-order valence-electron chi connectivity index (χ3n) is 2.55. The summed E-state index contributed by atoms with van der Waals surface area (Å²) in [6.45, 7) is 3.68. The zero-order valence-electron chi connectivity index (χ0n) is 10.9. The van der Waals surface area contributed by atoms with E-state index in [0.29, 0.717) is 23.7 Å². The summed E-state index contributed by atoms with van der Waals surface area (Å²) in [7, 11) is 4.74. The van der Waals surface area contributed by atoms with Gasteiger partial charge in [0.05, 0.1) is 21.3 Å². The summed E-state index contributed by atoms with van der Waals surface area (Å²) in [6, 6.07) is 3.54. The minimum absolute atomic E-state index is 0. The normalized spacial score (nSPS) is 11.1. The average molecular weight is 274 g/mol. The Kier molecular flexibility index (Phi) is 7.24. The van der Waals surface area contributed by atoms with E-state index in [1.165, 1.54) is 0 Å². The molecule has 0 fully saturated rings. The van der Waals surface area contributed by atoms with Crippen molar-refractivity contribution in [3.63, 3.8) is 0 Å². The molecule has 0 unspecified atom stereocenters. The van der Waals surface area contributed by atoms with E-state index in [1.807, 2.05) is 12.1 Å². The first-order valence-corrected chi connectivity index (χ1v) is 5.34. The number of benzene rings is 1. The third-order valence-corrected chi connectivity index (χ3v) is 2.55. The van der Waals surface area contributed by atoms with Gasteiger partial charge < -0.3 is 19.9 Å². The molecule has 102 valence electrons. The molecule has 5 heteroatoms. The lowest BCUT2D eigenvalue weighted by atomic mass is 10.0. The lowest BCUT2D eigenvalue weighted by Crippen LogP contribution is -2.11. The van der Waals surface area contributed by atoms with E-state index < -0.39 is 0 Å². The van der Waals surface area contributed by atoms with Crippen molar-refractivity contribution in [2.75, 3.05) is 21.3 Å². The van der Waals surface area contributed by atoms with E-state index in [-0.39, 0.29) is 18.4 Å². The minimum Gasteiger partial charge on any atom is -0.493 e. The molecule has 1 aromatic carbocycles. The molecular weight excluding hydrogens is 254 g/mol. The van der Waals surface area contributed by atoms with Gasteiger partial charge in [-0.15, -0.1) is 19.0 Å². The fraction of sp³-hybridized carbons (Fsp3) is 0.385. The van der Waals surface area contributed by atoms with Gasteiger partial charge in [-0.05, 0) is 18.6 Å². The fourth-order valence-corrected chi connectivity index (χ4v) is 1.72. The molecule has 0 spiro atoms. The maximum absolute atomic E-state index is 6.05. The number of rotatable bonds is 6. The number of ether oxygens (including phenoxy) is 3. The van der Waals surface area contributed by atoms with Crippen molar-refractivity contribution in [3.05, 3.63) is 30.4 Å². The van der Waals surface area contributed by atoms with Gasteiger partial charge in [-0.2, -0.15) is 0 Å². The van der Waals surface area contributed by atoms with Crippen molar-refractivity contribution in [2.24, 2.45) is 5.73 Å². The van der Waals surface area contributed by atoms with Gasteiger partial charge in [-0.3, -0.25) is 0 Å². The summed E-state index contributed by atoms with van der Waals surface area (Å²) in [6.07, 6.45) is 2.45. The molecule has 0 saturated heterocycles. The Balaban J connectivity index is 0.00000289. The van der Waals surface area contributed by atoms with Crippen molar-refractivity contribution < 1.29 is 14.2 Å². The van der Waals surface area contributed by atoms with E-state index in [4.69, 9.17) is 19.9 Å². The van der Waals surface area contributed by atoms with Crippen LogP contribution in [0, 0.1) is 0 Å². The highest BCUT2D eigenvalue weighted by Gasteiger charge is 2.19. The summed E-state index contributed by atoms with van der Waals surface area (Å²) in [5.41, 5.74) is 6.93. The van der Waals surface area contributed by atoms with Gasteiger partial charge in [0, 0.05) is 11.6 Å². The second kappa shape index (κ2) is 7.84. The van der Waals surface area contributed by atoms with Crippen molar-refractivity contribution in [1.82, 2.24) is 0 Å². The quantitative estimate of drug-likeness (QED) is 0.810. The molecule has 4 nitrogen and oxygen atoms in total. The summed E-state index contributed by atoms with van der Waals surface area (Å²) in [5, 5.41) is 0. The first kappa shape index (κ1) is 16.6. The van der Waals surface area contributed by atoms with Gasteiger partial charge in [-0.25, -0.2) is 0 Å². The highest BCUT2D eigenvalue weighted by molar-refractivity contribution is 5.85. The Morgan fingerprint density at radius 2 is 1.78 bits per heavy atom. The Labute approximate surface area is 114 Å². The fourth-order valence-electron chi connectivity index (χ4n) is 1.72. The SMILES string of the molecule is C=CC[C@H](N)c1ccc(OC)c(OC)c1OC.Cl. The van der Waals surface area contributed by atoms with E-state index in [0.717, 1.165) is 5.56 Å². The summed E-state index contributed by atoms with van der Waals surface area (Å²) < 4.78 is 15.9. The highest BCUT2D eigenvalue weighted by Crippen LogP contribution is 2.42. The number of nitrogens with two attached hydrogens (primary N) is 1. The third kappa shape index (κ3) is 3.31. The van der Waals surface area contributed by atoms with Crippen LogP contribution in [0.4, 0.5) is 0 Å². The van der Waals surface area contributed by atoms with Gasteiger partial charge in [0.1, 0.15) is 0 Å². The monoisotopic (exact) mass is 273 g/mol. The van der Waals surface area contributed by atoms with Crippen molar-refractivity contribution in [2.45, 2.75) is 12.5 Å². The molecule has 0 heterocycles. The van der Waals surface area contributed by atoms with Gasteiger partial charge in [0.2, 0.25) is 5.75 Å². The summed E-state index contributed by atoms with van der Waals surface area (Å²) in [4.78, 5) is 0. The standard InChI is InChI=1S/C13H19NO3.ClH/c1-5-6-10(14)9-7-8-11(15-2)13(17-4)12(9)16-3;/h5,7-8,10H,1,6,14H2,2-4H3;1H/t10-;/m0./s1. The van der Waals surface area contributed by atoms with E-state index in [1.54, 1.807) is 27.4 Å². The van der Waals surface area contributed by atoms with Crippen LogP contribution in [-0.4, -0.2) is 21.3 Å². The Morgan fingerprint density at radius 3 is 2.22 bits per heavy atom. The molecule has 0 bridgehead atoms. The van der Waals surface area contributed by atoms with Crippen molar-refractivity contribution in [3.8, 4) is 17.2 Å². The van der Waals surface area contributed by atoms with Gasteiger partial charge in [0.15, 0.2) is 11.5 Å². The largest absolute Gasteiger partial charge is 0.493 e. The molecule has 1 aromatic rings. The molecule has 0 amide bonds. The molecule has 0 radical (unpaired) electrons. The van der Waals surface area contributed by atoms with Crippen LogP contribution < -0.4 is 19.9 Å². The Hall–Kier alpha value is -1.39. The molecule has 0 saturated carbocycles. The van der Waals surface area contributed by atoms with Crippen LogP contribution in [-0.2, 0) is 0 Å². The summed E-state index contributed by atoms with van der Waals surface area (Å²) in [5.74, 6) is 1.80. The molecule has 0 aliphatic rings. The molecular formula is C13H20ClNO3. The maximum atomic E-state index is 6.05. The number of hydrogen-bond donors (Lipinski definition) is 1. The van der Waals surface area contributed by atoms with Crippen LogP contribution in [0.3, 0.4) is 0 Å². The first-order valence-electron chi connectivity index (χ1n) is 5.34. The number of hydrogen-bond acceptors (Lipinski definition) is 4. The smallest absolute Gasteiger partial charge is 0.203 e. The molecule has 18 heavy (non-hydrogen) atoms. The minimum atomic E-state index is -0.165. The van der Waals surface area contributed by atoms with Gasteiger partial charge in [-0.1, -0.05) is 6.08 Å². The van der Waals surface area contributed by atoms with E-state index in [9.17, 15) is 0 Å². The summed E-state index contributed by atoms with van der Waals surface area (Å²) >= 11 is 0. The van der Waals surface area contributed by atoms with Crippen molar-refractivity contribution >= 4 is 12.4 Å². The molecule has 2 N–H and O–H groups in total. The second-order valence-electron chi connectivity index (χ2n) is 3.55. The lowest BCUT2D eigenvalue weighted by Gasteiger charge is -2.18. The molecule has 1 rings (SSSR count). The van der Waals surface area contributed by atoms with E-state index >= 15 is 0 Å². The Bertz CT molecular complexity index is 396. The van der Waals surface area contributed by atoms with Gasteiger partial charge in [0.25, 0.3) is 0 Å². The predicted octanol–water partition coefficient (Wildman–Crippen LogP) is 2.71. The van der Waals surface area contributed by atoms with Crippen LogP contribution in [0.2, 0.25) is 0 Å². The zero-order chi connectivity index (χ0) is 12.8. The van der Waals surface area contributed by atoms with Crippen LogP contribution in [0.25, 0.3) is 0 Å². The molecule has 0 aromatic heterocycles. The van der Waals surface area contributed by atoms with Gasteiger partial charge >= 0.3 is 0 Å². The van der Waals surface area contributed by atoms with E-state index in [2.05, 4.69) is 6.58 Å². The second-order valence-corrected chi connectivity index (χ2v) is 3.55. The van der Waals surface area contributed by atoms with Crippen LogP contribution >= 0.6 is 12.4 Å². The van der Waals surface area contributed by atoms with Crippen LogP contribution in [0.5, 0.6) is 17.2 Å². The lowest BCUT2D eigenvalue weighted by molar-refractivity contribution is 0.321. The molecule has 0 aliphatic carbocycles. The van der Waals surface area contributed by atoms with Crippen LogP contribution in [0.1, 0.15) is 18.0 Å². The highest BCUT2D eigenvalue weighted by atomic mass is 35.5. The Morgan fingerprint density at radius 1 is 1.17 bits per heavy atom. The topological polar surface area (TPSA) is 53.7 Å². The number of methoxy groups -OCH3 is 3. The molecule has 0 aliphatic heterocycles. The zero-order valence-corrected chi connectivity index (χ0v) is 11.8. The van der Waals surface area contributed by atoms with Crippen LogP contribution in [0.15, 0.2) is 24.8 Å².